The Kier molecular flexibility index (Phi) is 5.65. The normalized spacial score (nSPS) is 17.5. The van der Waals surface area contributed by atoms with Crippen molar-refractivity contribution in [2.75, 3.05) is 33.4 Å². The van der Waals surface area contributed by atoms with Crippen molar-refractivity contribution >= 4 is 5.91 Å². The van der Waals surface area contributed by atoms with Crippen LogP contribution < -0.4 is 4.74 Å². The van der Waals surface area contributed by atoms with Crippen molar-refractivity contribution in [3.05, 3.63) is 41.3 Å². The molecule has 0 spiro atoms. The second kappa shape index (κ2) is 8.11. The van der Waals surface area contributed by atoms with Crippen LogP contribution in [0, 0.1) is 6.92 Å². The number of nitrogens with zero attached hydrogens (tertiary/aromatic N) is 3. The lowest BCUT2D eigenvalue weighted by Crippen LogP contribution is -2.39. The van der Waals surface area contributed by atoms with Gasteiger partial charge in [0.25, 0.3) is 5.91 Å². The van der Waals surface area contributed by atoms with Crippen molar-refractivity contribution in [3.63, 3.8) is 0 Å². The fourth-order valence-electron chi connectivity index (χ4n) is 3.11. The number of rotatable bonds is 6. The second-order valence-electron chi connectivity index (χ2n) is 6.26. The average molecular weight is 344 g/mol. The zero-order chi connectivity index (χ0) is 17.6. The van der Waals surface area contributed by atoms with Crippen molar-refractivity contribution in [2.24, 2.45) is 0 Å². The van der Waals surface area contributed by atoms with Crippen LogP contribution >= 0.6 is 0 Å². The van der Waals surface area contributed by atoms with Gasteiger partial charge in [0, 0.05) is 38.0 Å². The summed E-state index contributed by atoms with van der Waals surface area (Å²) < 4.78 is 10.6. The zero-order valence-electron chi connectivity index (χ0n) is 14.7. The Morgan fingerprint density at radius 3 is 3.08 bits per heavy atom. The number of aromatic nitrogens is 3. The smallest absolute Gasteiger partial charge is 0.259 e. The molecule has 1 saturated heterocycles. The summed E-state index contributed by atoms with van der Waals surface area (Å²) in [5, 5.41) is 7.34. The quantitative estimate of drug-likeness (QED) is 0.812. The Labute approximate surface area is 147 Å². The van der Waals surface area contributed by atoms with Gasteiger partial charge in [-0.25, -0.2) is 4.98 Å². The third-order valence-corrected chi connectivity index (χ3v) is 4.38. The van der Waals surface area contributed by atoms with Gasteiger partial charge in [0.2, 0.25) is 5.88 Å². The Hall–Kier alpha value is -2.41. The number of aromatic amines is 1. The molecule has 2 aromatic rings. The van der Waals surface area contributed by atoms with Crippen LogP contribution in [0.4, 0.5) is 0 Å². The molecule has 1 fully saturated rings. The topological polar surface area (TPSA) is 80.3 Å². The summed E-state index contributed by atoms with van der Waals surface area (Å²) in [5.74, 6) is 0.581. The molecule has 0 aromatic carbocycles. The van der Waals surface area contributed by atoms with Gasteiger partial charge in [0.1, 0.15) is 12.2 Å². The van der Waals surface area contributed by atoms with Crippen LogP contribution in [0.25, 0.3) is 0 Å². The highest BCUT2D eigenvalue weighted by Crippen LogP contribution is 2.28. The molecule has 2 aromatic heterocycles. The molecule has 0 bridgehead atoms. The monoisotopic (exact) mass is 344 g/mol. The molecule has 1 aliphatic heterocycles. The van der Waals surface area contributed by atoms with Gasteiger partial charge in [0.05, 0.1) is 12.3 Å². The van der Waals surface area contributed by atoms with Crippen LogP contribution in [-0.2, 0) is 4.74 Å². The molecule has 1 N–H and O–H groups in total. The SMILES string of the molecule is COCCOc1ncccc1C(=O)N1CCCC(c2cc(C)[nH]n2)C1. The summed E-state index contributed by atoms with van der Waals surface area (Å²) in [5.41, 5.74) is 2.56. The van der Waals surface area contributed by atoms with E-state index in [1.807, 2.05) is 11.8 Å². The highest BCUT2D eigenvalue weighted by atomic mass is 16.5. The summed E-state index contributed by atoms with van der Waals surface area (Å²) in [6, 6.07) is 5.58. The molecule has 25 heavy (non-hydrogen) atoms. The molecule has 1 atom stereocenters. The molecular weight excluding hydrogens is 320 g/mol. The van der Waals surface area contributed by atoms with E-state index in [2.05, 4.69) is 21.2 Å². The van der Waals surface area contributed by atoms with Gasteiger partial charge in [0.15, 0.2) is 0 Å². The minimum atomic E-state index is -0.0440. The van der Waals surface area contributed by atoms with Gasteiger partial charge in [-0.1, -0.05) is 0 Å². The third kappa shape index (κ3) is 4.17. The number of hydrogen-bond donors (Lipinski definition) is 1. The lowest BCUT2D eigenvalue weighted by molar-refractivity contribution is 0.0697. The first-order valence-corrected chi connectivity index (χ1v) is 8.57. The molecule has 0 saturated carbocycles. The molecule has 0 radical (unpaired) electrons. The van der Waals surface area contributed by atoms with E-state index in [4.69, 9.17) is 9.47 Å². The van der Waals surface area contributed by atoms with Crippen molar-refractivity contribution in [1.29, 1.82) is 0 Å². The van der Waals surface area contributed by atoms with Gasteiger partial charge in [-0.05, 0) is 38.0 Å². The molecule has 0 aliphatic carbocycles. The maximum Gasteiger partial charge on any atom is 0.259 e. The van der Waals surface area contributed by atoms with Gasteiger partial charge >= 0.3 is 0 Å². The van der Waals surface area contributed by atoms with Crippen LogP contribution in [0.3, 0.4) is 0 Å². The van der Waals surface area contributed by atoms with E-state index in [-0.39, 0.29) is 11.8 Å². The van der Waals surface area contributed by atoms with Crippen molar-refractivity contribution in [1.82, 2.24) is 20.1 Å². The van der Waals surface area contributed by atoms with Gasteiger partial charge < -0.3 is 14.4 Å². The summed E-state index contributed by atoms with van der Waals surface area (Å²) in [7, 11) is 1.61. The van der Waals surface area contributed by atoms with Crippen LogP contribution in [-0.4, -0.2) is 59.4 Å². The standard InChI is InChI=1S/C18H24N4O3/c1-13-11-16(21-20-13)14-5-4-8-22(12-14)18(23)15-6-3-7-19-17(15)25-10-9-24-2/h3,6-7,11,14H,4-5,8-10,12H2,1-2H3,(H,20,21). The molecule has 1 amide bonds. The number of likely N-dealkylation sites (tertiary alicyclic amines) is 1. The number of H-pyrrole nitrogens is 1. The number of hydrogen-bond acceptors (Lipinski definition) is 5. The minimum Gasteiger partial charge on any atom is -0.475 e. The summed E-state index contributed by atoms with van der Waals surface area (Å²) in [6.45, 7) is 4.21. The van der Waals surface area contributed by atoms with E-state index >= 15 is 0 Å². The molecule has 134 valence electrons. The first-order valence-electron chi connectivity index (χ1n) is 8.57. The lowest BCUT2D eigenvalue weighted by Gasteiger charge is -2.32. The number of carbonyl (C=O) groups is 1. The van der Waals surface area contributed by atoms with E-state index < -0.39 is 0 Å². The average Bonchev–Trinajstić information content (AvgIpc) is 3.08. The van der Waals surface area contributed by atoms with E-state index in [9.17, 15) is 4.79 Å². The fraction of sp³-hybridized carbons (Fsp3) is 0.500. The summed E-state index contributed by atoms with van der Waals surface area (Å²) in [6.07, 6.45) is 3.63. The number of aryl methyl sites for hydroxylation is 1. The number of ether oxygens (including phenoxy) is 2. The summed E-state index contributed by atoms with van der Waals surface area (Å²) >= 11 is 0. The van der Waals surface area contributed by atoms with Gasteiger partial charge in [-0.3, -0.25) is 9.89 Å². The predicted molar refractivity (Wildman–Crippen MR) is 92.8 cm³/mol. The van der Waals surface area contributed by atoms with Crippen LogP contribution in [0.15, 0.2) is 24.4 Å². The molecule has 1 aliphatic rings. The number of pyridine rings is 1. The molecule has 1 unspecified atom stereocenters. The van der Waals surface area contributed by atoms with Gasteiger partial charge in [-0.2, -0.15) is 5.10 Å². The maximum absolute atomic E-state index is 13.0. The number of methoxy groups -OCH3 is 1. The predicted octanol–water partition coefficient (Wildman–Crippen LogP) is 2.16. The van der Waals surface area contributed by atoms with Crippen LogP contribution in [0.5, 0.6) is 5.88 Å². The highest BCUT2D eigenvalue weighted by Gasteiger charge is 2.28. The first-order chi connectivity index (χ1) is 12.2. The highest BCUT2D eigenvalue weighted by molar-refractivity contribution is 5.96. The van der Waals surface area contributed by atoms with Crippen LogP contribution in [0.1, 0.15) is 40.5 Å². The Morgan fingerprint density at radius 2 is 2.32 bits per heavy atom. The van der Waals surface area contributed by atoms with E-state index in [1.54, 1.807) is 25.4 Å². The summed E-state index contributed by atoms with van der Waals surface area (Å²) in [4.78, 5) is 19.1. The van der Waals surface area contributed by atoms with Gasteiger partial charge in [-0.15, -0.1) is 0 Å². The fourth-order valence-corrected chi connectivity index (χ4v) is 3.11. The molecule has 7 heteroatoms. The molecule has 7 nitrogen and oxygen atoms in total. The number of carbonyl (C=O) groups excluding carboxylic acids is 1. The number of piperidine rings is 1. The number of amides is 1. The number of nitrogens with one attached hydrogen (secondary N) is 1. The Balaban J connectivity index is 1.72. The lowest BCUT2D eigenvalue weighted by atomic mass is 9.94. The Morgan fingerprint density at radius 1 is 1.44 bits per heavy atom. The maximum atomic E-state index is 13.0. The van der Waals surface area contributed by atoms with Crippen molar-refractivity contribution in [2.45, 2.75) is 25.7 Å². The van der Waals surface area contributed by atoms with E-state index in [0.29, 0.717) is 31.2 Å². The van der Waals surface area contributed by atoms with E-state index in [0.717, 1.165) is 30.8 Å². The zero-order valence-corrected chi connectivity index (χ0v) is 14.7. The van der Waals surface area contributed by atoms with Crippen molar-refractivity contribution in [3.8, 4) is 5.88 Å². The minimum absolute atomic E-state index is 0.0440. The van der Waals surface area contributed by atoms with Crippen molar-refractivity contribution < 1.29 is 14.3 Å². The Bertz CT molecular complexity index is 716. The first kappa shape index (κ1) is 17.4. The molecular formula is C18H24N4O3. The second-order valence-corrected chi connectivity index (χ2v) is 6.26. The molecule has 3 heterocycles. The van der Waals surface area contributed by atoms with E-state index in [1.165, 1.54) is 0 Å². The molecule has 3 rings (SSSR count). The van der Waals surface area contributed by atoms with Crippen LogP contribution in [0.2, 0.25) is 0 Å². The third-order valence-electron chi connectivity index (χ3n) is 4.38. The largest absolute Gasteiger partial charge is 0.475 e.